The van der Waals surface area contributed by atoms with Gasteiger partial charge in [-0.25, -0.2) is 0 Å². The van der Waals surface area contributed by atoms with E-state index in [0.29, 0.717) is 12.8 Å². The van der Waals surface area contributed by atoms with Crippen molar-refractivity contribution in [2.24, 2.45) is 5.73 Å². The predicted molar refractivity (Wildman–Crippen MR) is 73.7 cm³/mol. The maximum Gasteiger partial charge on any atom is 0.305 e. The summed E-state index contributed by atoms with van der Waals surface area (Å²) in [4.78, 5) is 25.1. The molecule has 0 aromatic rings. The van der Waals surface area contributed by atoms with E-state index in [2.05, 4.69) is 0 Å². The Morgan fingerprint density at radius 3 is 2.16 bits per heavy atom. The Labute approximate surface area is 115 Å². The Balaban J connectivity index is 2.84. The minimum atomic E-state index is -0.892. The predicted octanol–water partition coefficient (Wildman–Crippen LogP) is 1.75. The molecule has 0 bridgehead atoms. The van der Waals surface area contributed by atoms with Gasteiger partial charge in [-0.05, 0) is 33.6 Å². The van der Waals surface area contributed by atoms with Crippen LogP contribution in [0.15, 0.2) is 0 Å². The number of aliphatic carboxylic acids is 1. The first-order valence-electron chi connectivity index (χ1n) is 6.99. The van der Waals surface area contributed by atoms with Gasteiger partial charge >= 0.3 is 5.97 Å². The van der Waals surface area contributed by atoms with Crippen molar-refractivity contribution in [2.45, 2.75) is 70.4 Å². The van der Waals surface area contributed by atoms with Gasteiger partial charge in [-0.2, -0.15) is 0 Å². The standard InChI is InChI=1S/C14H26N2O3/c1-13(2,3)16(10-7-11(17)18)12(19)14(15)8-5-4-6-9-14/h4-10,15H2,1-3H3,(H,17,18). The molecule has 5 heteroatoms. The second-order valence-electron chi connectivity index (χ2n) is 6.49. The summed E-state index contributed by atoms with van der Waals surface area (Å²) < 4.78 is 0. The number of carboxylic acids is 1. The quantitative estimate of drug-likeness (QED) is 0.815. The van der Waals surface area contributed by atoms with Crippen LogP contribution in [0, 0.1) is 0 Å². The molecule has 0 aliphatic heterocycles. The van der Waals surface area contributed by atoms with Gasteiger partial charge in [-0.1, -0.05) is 19.3 Å². The van der Waals surface area contributed by atoms with Crippen molar-refractivity contribution >= 4 is 11.9 Å². The molecule has 0 saturated heterocycles. The number of hydrogen-bond donors (Lipinski definition) is 2. The summed E-state index contributed by atoms with van der Waals surface area (Å²) in [5.41, 5.74) is 5.06. The number of carbonyl (C=O) groups is 2. The second-order valence-corrected chi connectivity index (χ2v) is 6.49. The van der Waals surface area contributed by atoms with Gasteiger partial charge in [0.2, 0.25) is 5.91 Å². The molecule has 1 aliphatic carbocycles. The van der Waals surface area contributed by atoms with E-state index < -0.39 is 17.0 Å². The fraction of sp³-hybridized carbons (Fsp3) is 0.857. The van der Waals surface area contributed by atoms with Crippen molar-refractivity contribution in [1.29, 1.82) is 0 Å². The number of nitrogens with zero attached hydrogens (tertiary/aromatic N) is 1. The zero-order valence-electron chi connectivity index (χ0n) is 12.2. The van der Waals surface area contributed by atoms with Crippen molar-refractivity contribution in [1.82, 2.24) is 4.90 Å². The Morgan fingerprint density at radius 2 is 1.74 bits per heavy atom. The van der Waals surface area contributed by atoms with Crippen LogP contribution in [-0.2, 0) is 9.59 Å². The van der Waals surface area contributed by atoms with Crippen molar-refractivity contribution < 1.29 is 14.7 Å². The molecule has 3 N–H and O–H groups in total. The minimum absolute atomic E-state index is 0.0426. The first-order valence-corrected chi connectivity index (χ1v) is 6.99. The molecule has 0 spiro atoms. The highest BCUT2D eigenvalue weighted by atomic mass is 16.4. The van der Waals surface area contributed by atoms with E-state index in [4.69, 9.17) is 10.8 Å². The summed E-state index contributed by atoms with van der Waals surface area (Å²) in [5, 5.41) is 8.82. The SMILES string of the molecule is CC(C)(C)N(CCC(=O)O)C(=O)C1(N)CCCCC1. The molecule has 0 unspecified atom stereocenters. The van der Waals surface area contributed by atoms with Gasteiger partial charge in [0.05, 0.1) is 12.0 Å². The molecule has 1 saturated carbocycles. The molecular formula is C14H26N2O3. The van der Waals surface area contributed by atoms with Crippen LogP contribution in [0.5, 0.6) is 0 Å². The monoisotopic (exact) mass is 270 g/mol. The van der Waals surface area contributed by atoms with Gasteiger partial charge in [0, 0.05) is 12.1 Å². The Hall–Kier alpha value is -1.10. The number of amides is 1. The van der Waals surface area contributed by atoms with E-state index in [0.717, 1.165) is 19.3 Å². The highest BCUT2D eigenvalue weighted by Gasteiger charge is 2.41. The van der Waals surface area contributed by atoms with Gasteiger partial charge in [-0.15, -0.1) is 0 Å². The van der Waals surface area contributed by atoms with Crippen LogP contribution < -0.4 is 5.73 Å². The van der Waals surface area contributed by atoms with Gasteiger partial charge in [0.15, 0.2) is 0 Å². The lowest BCUT2D eigenvalue weighted by atomic mass is 9.80. The average molecular weight is 270 g/mol. The van der Waals surface area contributed by atoms with Crippen LogP contribution in [0.3, 0.4) is 0 Å². The van der Waals surface area contributed by atoms with Crippen molar-refractivity contribution in [3.05, 3.63) is 0 Å². The third-order valence-corrected chi connectivity index (χ3v) is 3.78. The number of rotatable bonds is 4. The van der Waals surface area contributed by atoms with Crippen LogP contribution in [0.4, 0.5) is 0 Å². The molecule has 0 aromatic heterocycles. The molecule has 19 heavy (non-hydrogen) atoms. The molecule has 0 atom stereocenters. The Bertz CT molecular complexity index is 341. The van der Waals surface area contributed by atoms with Gasteiger partial charge < -0.3 is 15.7 Å². The van der Waals surface area contributed by atoms with Crippen molar-refractivity contribution in [3.63, 3.8) is 0 Å². The highest BCUT2D eigenvalue weighted by molar-refractivity contribution is 5.87. The fourth-order valence-corrected chi connectivity index (χ4v) is 2.61. The van der Waals surface area contributed by atoms with Gasteiger partial charge in [0.1, 0.15) is 0 Å². The number of hydrogen-bond acceptors (Lipinski definition) is 3. The third-order valence-electron chi connectivity index (χ3n) is 3.78. The lowest BCUT2D eigenvalue weighted by Gasteiger charge is -2.43. The van der Waals surface area contributed by atoms with E-state index >= 15 is 0 Å². The number of carbonyl (C=O) groups excluding carboxylic acids is 1. The minimum Gasteiger partial charge on any atom is -0.481 e. The smallest absolute Gasteiger partial charge is 0.305 e. The highest BCUT2D eigenvalue weighted by Crippen LogP contribution is 2.30. The first kappa shape index (κ1) is 16.0. The molecule has 0 aromatic carbocycles. The molecule has 1 aliphatic rings. The molecular weight excluding hydrogens is 244 g/mol. The molecule has 110 valence electrons. The zero-order chi connectivity index (χ0) is 14.7. The van der Waals surface area contributed by atoms with Crippen LogP contribution >= 0.6 is 0 Å². The summed E-state index contributed by atoms with van der Waals surface area (Å²) in [7, 11) is 0. The summed E-state index contributed by atoms with van der Waals surface area (Å²) >= 11 is 0. The van der Waals surface area contributed by atoms with Crippen LogP contribution in [0.1, 0.15) is 59.3 Å². The lowest BCUT2D eigenvalue weighted by Crippen LogP contribution is -2.60. The normalized spacial score (nSPS) is 18.9. The fourth-order valence-electron chi connectivity index (χ4n) is 2.61. The summed E-state index contributed by atoms with van der Waals surface area (Å²) in [6.07, 6.45) is 4.42. The van der Waals surface area contributed by atoms with Gasteiger partial charge in [-0.3, -0.25) is 9.59 Å². The van der Waals surface area contributed by atoms with E-state index in [1.807, 2.05) is 20.8 Å². The summed E-state index contributed by atoms with van der Waals surface area (Å²) in [6.45, 7) is 5.97. The molecule has 1 rings (SSSR count). The average Bonchev–Trinajstić information content (AvgIpc) is 2.27. The van der Waals surface area contributed by atoms with E-state index in [1.54, 1.807) is 4.90 Å². The van der Waals surface area contributed by atoms with E-state index in [1.165, 1.54) is 0 Å². The molecule has 1 fully saturated rings. The van der Waals surface area contributed by atoms with Gasteiger partial charge in [0.25, 0.3) is 0 Å². The van der Waals surface area contributed by atoms with E-state index in [-0.39, 0.29) is 18.9 Å². The molecule has 5 nitrogen and oxygen atoms in total. The number of nitrogens with two attached hydrogens (primary N) is 1. The molecule has 0 radical (unpaired) electrons. The number of carboxylic acid groups (broad SMARTS) is 1. The van der Waals surface area contributed by atoms with Crippen molar-refractivity contribution in [2.75, 3.05) is 6.54 Å². The Kier molecular flexibility index (Phi) is 4.96. The second kappa shape index (κ2) is 5.90. The van der Waals surface area contributed by atoms with Crippen LogP contribution in [-0.4, -0.2) is 39.5 Å². The summed E-state index contributed by atoms with van der Waals surface area (Å²) in [6, 6.07) is 0. The largest absolute Gasteiger partial charge is 0.481 e. The van der Waals surface area contributed by atoms with E-state index in [9.17, 15) is 9.59 Å². The van der Waals surface area contributed by atoms with Crippen molar-refractivity contribution in [3.8, 4) is 0 Å². The third kappa shape index (κ3) is 4.20. The topological polar surface area (TPSA) is 83.6 Å². The summed E-state index contributed by atoms with van der Waals surface area (Å²) in [5.74, 6) is -0.988. The first-order chi connectivity index (χ1) is 8.67. The maximum atomic E-state index is 12.7. The van der Waals surface area contributed by atoms with Crippen LogP contribution in [0.25, 0.3) is 0 Å². The Morgan fingerprint density at radius 1 is 1.21 bits per heavy atom. The lowest BCUT2D eigenvalue weighted by molar-refractivity contribution is -0.145. The molecule has 0 heterocycles. The molecule has 1 amide bonds. The van der Waals surface area contributed by atoms with Crippen LogP contribution in [0.2, 0.25) is 0 Å². The zero-order valence-corrected chi connectivity index (χ0v) is 12.2. The maximum absolute atomic E-state index is 12.7.